The van der Waals surface area contributed by atoms with Gasteiger partial charge in [-0.2, -0.15) is 4.98 Å². The Bertz CT molecular complexity index is 574. The summed E-state index contributed by atoms with van der Waals surface area (Å²) in [6, 6.07) is 4.85. The number of oxazole rings is 1. The first-order valence-corrected chi connectivity index (χ1v) is 5.51. The highest BCUT2D eigenvalue weighted by molar-refractivity contribution is 5.77. The highest BCUT2D eigenvalue weighted by Crippen LogP contribution is 2.29. The van der Waals surface area contributed by atoms with E-state index in [0.29, 0.717) is 17.1 Å². The van der Waals surface area contributed by atoms with Gasteiger partial charge in [0.25, 0.3) is 11.7 Å². The highest BCUT2D eigenvalue weighted by atomic mass is 16.6. The summed E-state index contributed by atoms with van der Waals surface area (Å²) in [7, 11) is 0. The first-order chi connectivity index (χ1) is 8.22. The maximum atomic E-state index is 10.6. The van der Waals surface area contributed by atoms with Gasteiger partial charge >= 0.3 is 0 Å². The molecule has 0 spiro atoms. The Kier molecular flexibility index (Phi) is 2.21. The summed E-state index contributed by atoms with van der Waals surface area (Å²) in [5, 5.41) is 13.7. The van der Waals surface area contributed by atoms with Crippen LogP contribution in [0.5, 0.6) is 0 Å². The van der Waals surface area contributed by atoms with E-state index in [1.165, 1.54) is 25.0 Å². The van der Waals surface area contributed by atoms with Crippen molar-refractivity contribution in [3.63, 3.8) is 0 Å². The first-order valence-electron chi connectivity index (χ1n) is 5.51. The van der Waals surface area contributed by atoms with E-state index in [-0.39, 0.29) is 5.69 Å². The Morgan fingerprint density at radius 2 is 2.35 bits per heavy atom. The Morgan fingerprint density at radius 3 is 3.06 bits per heavy atom. The molecule has 1 N–H and O–H groups in total. The zero-order valence-electron chi connectivity index (χ0n) is 9.05. The van der Waals surface area contributed by atoms with Crippen LogP contribution in [0.25, 0.3) is 11.1 Å². The lowest BCUT2D eigenvalue weighted by Gasteiger charge is -1.96. The molecule has 3 rings (SSSR count). The first kappa shape index (κ1) is 10.1. The van der Waals surface area contributed by atoms with Crippen LogP contribution in [0.3, 0.4) is 0 Å². The van der Waals surface area contributed by atoms with Gasteiger partial charge in [-0.05, 0) is 24.8 Å². The lowest BCUT2D eigenvalue weighted by molar-refractivity contribution is -0.384. The van der Waals surface area contributed by atoms with Gasteiger partial charge in [0.1, 0.15) is 5.52 Å². The molecule has 1 heterocycles. The molecule has 1 fully saturated rings. The highest BCUT2D eigenvalue weighted by Gasteiger charge is 2.21. The summed E-state index contributed by atoms with van der Waals surface area (Å²) in [6.45, 7) is 0.856. The minimum absolute atomic E-state index is 0.0161. The maximum absolute atomic E-state index is 10.6. The largest absolute Gasteiger partial charge is 0.423 e. The molecule has 0 atom stereocenters. The van der Waals surface area contributed by atoms with Gasteiger partial charge in [-0.25, -0.2) is 0 Å². The molecule has 17 heavy (non-hydrogen) atoms. The lowest BCUT2D eigenvalue weighted by atomic mass is 10.3. The number of aromatic nitrogens is 1. The number of fused-ring (bicyclic) bond motifs is 1. The van der Waals surface area contributed by atoms with Crippen LogP contribution in [-0.2, 0) is 0 Å². The molecule has 0 bridgehead atoms. The van der Waals surface area contributed by atoms with Crippen molar-refractivity contribution in [2.75, 3.05) is 11.9 Å². The van der Waals surface area contributed by atoms with Gasteiger partial charge in [-0.3, -0.25) is 10.1 Å². The van der Waals surface area contributed by atoms with E-state index < -0.39 is 4.92 Å². The molecule has 1 saturated carbocycles. The zero-order valence-corrected chi connectivity index (χ0v) is 9.05. The number of non-ortho nitro benzene ring substituents is 1. The van der Waals surface area contributed by atoms with Crippen molar-refractivity contribution in [3.05, 3.63) is 28.3 Å². The molecule has 0 amide bonds. The Morgan fingerprint density at radius 1 is 1.53 bits per heavy atom. The minimum atomic E-state index is -0.445. The quantitative estimate of drug-likeness (QED) is 0.648. The zero-order chi connectivity index (χ0) is 11.8. The number of hydrogen-bond donors (Lipinski definition) is 1. The van der Waals surface area contributed by atoms with Crippen molar-refractivity contribution >= 4 is 22.8 Å². The van der Waals surface area contributed by atoms with Crippen LogP contribution in [0, 0.1) is 16.0 Å². The third kappa shape index (κ3) is 2.06. The van der Waals surface area contributed by atoms with Gasteiger partial charge in [0, 0.05) is 12.6 Å². The molecule has 6 heteroatoms. The number of nitro benzene ring substituents is 1. The average Bonchev–Trinajstić information content (AvgIpc) is 3.04. The van der Waals surface area contributed by atoms with Crippen LogP contribution in [0.4, 0.5) is 11.7 Å². The molecular weight excluding hydrogens is 222 g/mol. The van der Waals surface area contributed by atoms with Gasteiger partial charge in [-0.15, -0.1) is 0 Å². The molecule has 0 aliphatic heterocycles. The van der Waals surface area contributed by atoms with E-state index in [1.54, 1.807) is 6.07 Å². The summed E-state index contributed by atoms with van der Waals surface area (Å²) >= 11 is 0. The second-order valence-corrected chi connectivity index (χ2v) is 4.25. The number of hydrogen-bond acceptors (Lipinski definition) is 5. The average molecular weight is 233 g/mol. The van der Waals surface area contributed by atoms with Gasteiger partial charge < -0.3 is 9.73 Å². The summed E-state index contributed by atoms with van der Waals surface area (Å²) in [5.74, 6) is 0.722. The van der Waals surface area contributed by atoms with Crippen LogP contribution in [0.1, 0.15) is 12.8 Å². The molecule has 0 unspecified atom stereocenters. The molecule has 2 aromatic rings. The molecule has 6 nitrogen and oxygen atoms in total. The molecule has 0 saturated heterocycles. The normalized spacial score (nSPS) is 15.1. The van der Waals surface area contributed by atoms with E-state index in [1.807, 2.05) is 0 Å². The maximum Gasteiger partial charge on any atom is 0.295 e. The fourth-order valence-electron chi connectivity index (χ4n) is 1.66. The standard InChI is InChI=1S/C11H11N3O3/c15-14(16)8-3-4-9-10(5-8)17-11(13-9)12-6-7-1-2-7/h3-5,7H,1-2,6H2,(H,12,13). The number of nitrogens with one attached hydrogen (secondary N) is 1. The number of benzene rings is 1. The molecular formula is C11H11N3O3. The molecule has 1 aliphatic rings. The number of nitrogens with zero attached hydrogens (tertiary/aromatic N) is 2. The van der Waals surface area contributed by atoms with Crippen molar-refractivity contribution in [2.45, 2.75) is 12.8 Å². The third-order valence-electron chi connectivity index (χ3n) is 2.82. The Hall–Kier alpha value is -2.11. The molecule has 1 aliphatic carbocycles. The Labute approximate surface area is 96.8 Å². The second kappa shape index (κ2) is 3.73. The molecule has 0 radical (unpaired) electrons. The second-order valence-electron chi connectivity index (χ2n) is 4.25. The molecule has 1 aromatic heterocycles. The van der Waals surface area contributed by atoms with Gasteiger partial charge in [-0.1, -0.05) is 0 Å². The third-order valence-corrected chi connectivity index (χ3v) is 2.82. The van der Waals surface area contributed by atoms with E-state index in [9.17, 15) is 10.1 Å². The van der Waals surface area contributed by atoms with E-state index in [0.717, 1.165) is 12.5 Å². The van der Waals surface area contributed by atoms with Crippen LogP contribution in [-0.4, -0.2) is 16.5 Å². The van der Waals surface area contributed by atoms with Crippen LogP contribution >= 0.6 is 0 Å². The van der Waals surface area contributed by atoms with Crippen molar-refractivity contribution in [1.29, 1.82) is 0 Å². The number of rotatable bonds is 4. The Balaban J connectivity index is 1.86. The summed E-state index contributed by atoms with van der Waals surface area (Å²) < 4.78 is 5.41. The van der Waals surface area contributed by atoms with Crippen molar-refractivity contribution in [2.24, 2.45) is 5.92 Å². The van der Waals surface area contributed by atoms with Crippen molar-refractivity contribution < 1.29 is 9.34 Å². The summed E-state index contributed by atoms with van der Waals surface area (Å²) in [6.07, 6.45) is 2.50. The minimum Gasteiger partial charge on any atom is -0.423 e. The van der Waals surface area contributed by atoms with Crippen LogP contribution in [0.15, 0.2) is 22.6 Å². The molecule has 88 valence electrons. The molecule has 1 aromatic carbocycles. The number of anilines is 1. The van der Waals surface area contributed by atoms with Crippen molar-refractivity contribution in [3.8, 4) is 0 Å². The van der Waals surface area contributed by atoms with Gasteiger partial charge in [0.2, 0.25) is 0 Å². The number of nitro groups is 1. The summed E-state index contributed by atoms with van der Waals surface area (Å²) in [5.41, 5.74) is 1.09. The lowest BCUT2D eigenvalue weighted by Crippen LogP contribution is -2.02. The van der Waals surface area contributed by atoms with Gasteiger partial charge in [0.05, 0.1) is 11.0 Å². The predicted molar refractivity (Wildman–Crippen MR) is 61.9 cm³/mol. The van der Waals surface area contributed by atoms with E-state index in [4.69, 9.17) is 4.42 Å². The SMILES string of the molecule is O=[N+]([O-])c1ccc2nc(NCC3CC3)oc2c1. The summed E-state index contributed by atoms with van der Waals surface area (Å²) in [4.78, 5) is 14.4. The monoisotopic (exact) mass is 233 g/mol. The smallest absolute Gasteiger partial charge is 0.295 e. The van der Waals surface area contributed by atoms with E-state index in [2.05, 4.69) is 10.3 Å². The van der Waals surface area contributed by atoms with E-state index >= 15 is 0 Å². The van der Waals surface area contributed by atoms with Crippen LogP contribution < -0.4 is 5.32 Å². The van der Waals surface area contributed by atoms with Crippen molar-refractivity contribution in [1.82, 2.24) is 4.98 Å². The van der Waals surface area contributed by atoms with Gasteiger partial charge in [0.15, 0.2) is 5.58 Å². The topological polar surface area (TPSA) is 81.2 Å². The fourth-order valence-corrected chi connectivity index (χ4v) is 1.66. The predicted octanol–water partition coefficient (Wildman–Crippen LogP) is 2.56. The fraction of sp³-hybridized carbons (Fsp3) is 0.364. The van der Waals surface area contributed by atoms with Crippen LogP contribution in [0.2, 0.25) is 0 Å².